The van der Waals surface area contributed by atoms with Crippen LogP contribution in [0, 0.1) is 5.92 Å². The van der Waals surface area contributed by atoms with Crippen LogP contribution < -0.4 is 0 Å². The van der Waals surface area contributed by atoms with Gasteiger partial charge in [-0.2, -0.15) is 0 Å². The SMILES string of the molecule is CCCCCCCCCCCCCCCCCCCCCCCCC(=O)O[C@H](COC(=O)CCCCCCCCCCCCCCCC(C)C)COP(=O)(O)OC[C@@H](O)COP(=O)(O)OC[C@@H](COC(=O)CCCCCCC)OC(=O)CCCCCCCCCC. The second-order valence-corrected chi connectivity index (χ2v) is 29.4. The number of phosphoric ester groups is 2. The molecule has 0 heterocycles. The van der Waals surface area contributed by atoms with Crippen molar-refractivity contribution in [3.63, 3.8) is 0 Å². The molecular weight excluding hydrogens is 1200 g/mol. The summed E-state index contributed by atoms with van der Waals surface area (Å²) in [5.41, 5.74) is 0. The summed E-state index contributed by atoms with van der Waals surface area (Å²) in [4.78, 5) is 72.2. The predicted octanol–water partition coefficient (Wildman–Crippen LogP) is 20.9. The van der Waals surface area contributed by atoms with E-state index in [0.29, 0.717) is 25.7 Å². The predicted molar refractivity (Wildman–Crippen MR) is 368 cm³/mol. The third-order valence-electron chi connectivity index (χ3n) is 16.8. The molecule has 0 aliphatic rings. The number of rotatable bonds is 72. The molecule has 91 heavy (non-hydrogen) atoms. The fourth-order valence-corrected chi connectivity index (χ4v) is 12.6. The zero-order valence-corrected chi connectivity index (χ0v) is 60.8. The Morgan fingerprint density at radius 3 is 0.747 bits per heavy atom. The second-order valence-electron chi connectivity index (χ2n) is 26.5. The number of carbonyl (C=O) groups is 4. The highest BCUT2D eigenvalue weighted by Crippen LogP contribution is 2.45. The zero-order valence-electron chi connectivity index (χ0n) is 59.0. The highest BCUT2D eigenvalue weighted by atomic mass is 31.2. The van der Waals surface area contributed by atoms with Crippen LogP contribution in [0.1, 0.15) is 375 Å². The molecule has 0 saturated heterocycles. The number of phosphoric acid groups is 2. The van der Waals surface area contributed by atoms with Crippen molar-refractivity contribution in [2.45, 2.75) is 393 Å². The van der Waals surface area contributed by atoms with Gasteiger partial charge in [0.05, 0.1) is 26.4 Å². The Morgan fingerprint density at radius 1 is 0.297 bits per heavy atom. The van der Waals surface area contributed by atoms with Crippen LogP contribution >= 0.6 is 15.6 Å². The normalized spacial score (nSPS) is 14.0. The molecule has 3 N–H and O–H groups in total. The molecule has 540 valence electrons. The van der Waals surface area contributed by atoms with Crippen molar-refractivity contribution in [3.05, 3.63) is 0 Å². The first-order chi connectivity index (χ1) is 44.0. The van der Waals surface area contributed by atoms with Gasteiger partial charge in [0.2, 0.25) is 0 Å². The molecule has 0 amide bonds. The van der Waals surface area contributed by atoms with Gasteiger partial charge >= 0.3 is 39.5 Å². The number of hydrogen-bond donors (Lipinski definition) is 3. The molecule has 0 fully saturated rings. The molecule has 0 rings (SSSR count). The third kappa shape index (κ3) is 66.5. The molecule has 17 nitrogen and oxygen atoms in total. The number of hydrogen-bond acceptors (Lipinski definition) is 15. The van der Waals surface area contributed by atoms with Crippen LogP contribution in [0.15, 0.2) is 0 Å². The van der Waals surface area contributed by atoms with E-state index >= 15 is 0 Å². The van der Waals surface area contributed by atoms with Crippen molar-refractivity contribution < 1.29 is 80.2 Å². The topological polar surface area (TPSA) is 237 Å². The van der Waals surface area contributed by atoms with E-state index < -0.39 is 97.5 Å². The largest absolute Gasteiger partial charge is 0.472 e. The lowest BCUT2D eigenvalue weighted by atomic mass is 10.0. The molecule has 0 aromatic heterocycles. The highest BCUT2D eigenvalue weighted by Gasteiger charge is 2.30. The smallest absolute Gasteiger partial charge is 0.462 e. The van der Waals surface area contributed by atoms with E-state index in [2.05, 4.69) is 34.6 Å². The summed E-state index contributed by atoms with van der Waals surface area (Å²) in [5.74, 6) is -1.34. The quantitative estimate of drug-likeness (QED) is 0.0222. The standard InChI is InChI=1S/C72H140O17P2/c1-6-9-12-15-17-19-20-21-22-23-24-25-26-27-28-29-32-36-39-43-48-53-58-72(77)89-68(62-83-70(75)56-51-46-42-38-35-33-30-31-34-37-40-45-49-54-65(4)5)64-87-91(80,81)85-60-66(73)59-84-90(78,79)86-63-67(61-82-69(74)55-50-44-14-11-8-3)88-71(76)57-52-47-41-18-16-13-10-7-2/h65-68,73H,6-64H2,1-5H3,(H,78,79)(H,80,81)/t66-,67+,68+/m0/s1. The van der Waals surface area contributed by atoms with Gasteiger partial charge in [0.15, 0.2) is 12.2 Å². The Bertz CT molecular complexity index is 1750. The van der Waals surface area contributed by atoms with E-state index in [9.17, 15) is 43.2 Å². The van der Waals surface area contributed by atoms with Gasteiger partial charge in [-0.3, -0.25) is 37.3 Å². The Labute approximate surface area is 556 Å². The fourth-order valence-electron chi connectivity index (χ4n) is 11.0. The monoisotopic (exact) mass is 1340 g/mol. The van der Waals surface area contributed by atoms with Crippen molar-refractivity contribution in [1.82, 2.24) is 0 Å². The molecule has 0 spiro atoms. The van der Waals surface area contributed by atoms with Crippen LogP contribution in [-0.4, -0.2) is 96.7 Å². The summed E-state index contributed by atoms with van der Waals surface area (Å²) in [6.07, 6.45) is 53.4. The van der Waals surface area contributed by atoms with Crippen LogP contribution in [0.3, 0.4) is 0 Å². The first-order valence-corrected chi connectivity index (χ1v) is 40.6. The Morgan fingerprint density at radius 2 is 0.505 bits per heavy atom. The van der Waals surface area contributed by atoms with E-state index in [0.717, 1.165) is 109 Å². The average molecular weight is 1340 g/mol. The Balaban J connectivity index is 5.08. The van der Waals surface area contributed by atoms with Gasteiger partial charge in [0.25, 0.3) is 0 Å². The van der Waals surface area contributed by atoms with Gasteiger partial charge < -0.3 is 33.8 Å². The fraction of sp³-hybridized carbons (Fsp3) is 0.944. The highest BCUT2D eigenvalue weighted by molar-refractivity contribution is 7.47. The third-order valence-corrected chi connectivity index (χ3v) is 18.7. The van der Waals surface area contributed by atoms with E-state index in [1.54, 1.807) is 0 Å². The molecule has 5 atom stereocenters. The lowest BCUT2D eigenvalue weighted by Gasteiger charge is -2.21. The maximum absolute atomic E-state index is 13.1. The molecule has 2 unspecified atom stereocenters. The number of aliphatic hydroxyl groups is 1. The minimum atomic E-state index is -4.95. The van der Waals surface area contributed by atoms with E-state index in [-0.39, 0.29) is 25.7 Å². The molecule has 19 heteroatoms. The second kappa shape index (κ2) is 65.4. The maximum Gasteiger partial charge on any atom is 0.472 e. The van der Waals surface area contributed by atoms with Crippen molar-refractivity contribution in [3.8, 4) is 0 Å². The van der Waals surface area contributed by atoms with Gasteiger partial charge in [-0.1, -0.05) is 324 Å². The van der Waals surface area contributed by atoms with Gasteiger partial charge in [-0.25, -0.2) is 9.13 Å². The van der Waals surface area contributed by atoms with Gasteiger partial charge in [0, 0.05) is 25.7 Å². The molecule has 0 aromatic rings. The van der Waals surface area contributed by atoms with Crippen LogP contribution in [-0.2, 0) is 65.4 Å². The summed E-state index contributed by atoms with van der Waals surface area (Å²) in [7, 11) is -9.89. The van der Waals surface area contributed by atoms with Crippen molar-refractivity contribution >= 4 is 39.5 Å². The van der Waals surface area contributed by atoms with Gasteiger partial charge in [-0.15, -0.1) is 0 Å². The molecule has 0 aliphatic carbocycles. The average Bonchev–Trinajstić information content (AvgIpc) is 3.68. The first-order valence-electron chi connectivity index (χ1n) is 37.6. The van der Waals surface area contributed by atoms with E-state index in [4.69, 9.17) is 37.0 Å². The lowest BCUT2D eigenvalue weighted by molar-refractivity contribution is -0.161. The molecule has 0 bridgehead atoms. The Hall–Kier alpha value is -1.94. The van der Waals surface area contributed by atoms with Crippen LogP contribution in [0.25, 0.3) is 0 Å². The molecule has 0 saturated carbocycles. The zero-order chi connectivity index (χ0) is 67.0. The van der Waals surface area contributed by atoms with Crippen molar-refractivity contribution in [2.75, 3.05) is 39.6 Å². The van der Waals surface area contributed by atoms with Crippen molar-refractivity contribution in [1.29, 1.82) is 0 Å². The molecule has 0 radical (unpaired) electrons. The minimum absolute atomic E-state index is 0.104. The number of esters is 4. The van der Waals surface area contributed by atoms with Crippen LogP contribution in [0.5, 0.6) is 0 Å². The molecule has 0 aromatic carbocycles. The van der Waals surface area contributed by atoms with Gasteiger partial charge in [0.1, 0.15) is 19.3 Å². The summed E-state index contributed by atoms with van der Waals surface area (Å²) in [6, 6.07) is 0. The molecular formula is C72H140O17P2. The number of carbonyl (C=O) groups excluding carboxylic acids is 4. The summed E-state index contributed by atoms with van der Waals surface area (Å²) in [5, 5.41) is 10.5. The van der Waals surface area contributed by atoms with Crippen molar-refractivity contribution in [2.24, 2.45) is 5.92 Å². The number of ether oxygens (including phenoxy) is 4. The molecule has 0 aliphatic heterocycles. The lowest BCUT2D eigenvalue weighted by Crippen LogP contribution is -2.30. The van der Waals surface area contributed by atoms with E-state index in [1.807, 2.05) is 0 Å². The summed E-state index contributed by atoms with van der Waals surface area (Å²) < 4.78 is 68.0. The van der Waals surface area contributed by atoms with E-state index in [1.165, 1.54) is 186 Å². The summed E-state index contributed by atoms with van der Waals surface area (Å²) >= 11 is 0. The Kier molecular flexibility index (Phi) is 64.0. The maximum atomic E-state index is 13.1. The minimum Gasteiger partial charge on any atom is -0.462 e. The number of unbranched alkanes of at least 4 members (excludes halogenated alkanes) is 44. The van der Waals surface area contributed by atoms with Crippen LogP contribution in [0.2, 0.25) is 0 Å². The first kappa shape index (κ1) is 89.1. The summed E-state index contributed by atoms with van der Waals surface area (Å²) in [6.45, 7) is 7.15. The number of aliphatic hydroxyl groups excluding tert-OH is 1. The van der Waals surface area contributed by atoms with Gasteiger partial charge in [-0.05, 0) is 31.6 Å². The van der Waals surface area contributed by atoms with Crippen LogP contribution in [0.4, 0.5) is 0 Å².